The van der Waals surface area contributed by atoms with Crippen molar-refractivity contribution in [3.63, 3.8) is 0 Å². The summed E-state index contributed by atoms with van der Waals surface area (Å²) in [6.45, 7) is 5.50. The zero-order valence-electron chi connectivity index (χ0n) is 14.0. The summed E-state index contributed by atoms with van der Waals surface area (Å²) in [7, 11) is -1.44. The summed E-state index contributed by atoms with van der Waals surface area (Å²) in [5.74, 6) is 0. The number of fused-ring (bicyclic) bond motifs is 1. The van der Waals surface area contributed by atoms with Crippen molar-refractivity contribution >= 4 is 34.3 Å². The van der Waals surface area contributed by atoms with Crippen molar-refractivity contribution in [3.05, 3.63) is 63.8 Å². The van der Waals surface area contributed by atoms with E-state index >= 15 is 0 Å². The van der Waals surface area contributed by atoms with Crippen LogP contribution in [-0.2, 0) is 11.0 Å². The first-order valence-electron chi connectivity index (χ1n) is 7.59. The van der Waals surface area contributed by atoms with Crippen molar-refractivity contribution in [2.75, 3.05) is 0 Å². The molecule has 0 amide bonds. The molecule has 2 aromatic heterocycles. The lowest BCUT2D eigenvalue weighted by Crippen LogP contribution is -2.25. The minimum atomic E-state index is -1.44. The highest BCUT2D eigenvalue weighted by molar-refractivity contribution is 7.85. The molecule has 25 heavy (non-hydrogen) atoms. The van der Waals surface area contributed by atoms with Crippen LogP contribution in [0.5, 0.6) is 0 Å². The van der Waals surface area contributed by atoms with Crippen molar-refractivity contribution in [2.24, 2.45) is 4.40 Å². The van der Waals surface area contributed by atoms with Crippen molar-refractivity contribution in [1.82, 2.24) is 14.2 Å². The van der Waals surface area contributed by atoms with Gasteiger partial charge in [-0.1, -0.05) is 29.8 Å². The normalized spacial score (nSPS) is 13.6. The van der Waals surface area contributed by atoms with E-state index in [1.807, 2.05) is 39.0 Å². The Morgan fingerprint density at radius 3 is 2.56 bits per heavy atom. The van der Waals surface area contributed by atoms with Crippen LogP contribution in [0, 0.1) is 0 Å². The molecule has 0 radical (unpaired) electrons. The Bertz CT molecular complexity index is 1030. The van der Waals surface area contributed by atoms with Gasteiger partial charge in [-0.15, -0.1) is 0 Å². The van der Waals surface area contributed by atoms with Crippen molar-refractivity contribution in [1.29, 1.82) is 0 Å². The molecular weight excluding hydrogens is 360 g/mol. The molecule has 6 nitrogen and oxygen atoms in total. The molecule has 0 saturated heterocycles. The Labute approximate surface area is 152 Å². The number of halogens is 1. The zero-order valence-corrected chi connectivity index (χ0v) is 15.6. The SMILES string of the molecule is CC(C)(C)S(=O)N=Cc1cn2ncc(Cl)c2c(=O)n1-c1ccccc1. The van der Waals surface area contributed by atoms with Crippen LogP contribution < -0.4 is 5.56 Å². The molecule has 0 aliphatic rings. The van der Waals surface area contributed by atoms with Crippen LogP contribution in [0.25, 0.3) is 11.2 Å². The first kappa shape index (κ1) is 17.6. The fourth-order valence-corrected chi connectivity index (χ4v) is 2.97. The Morgan fingerprint density at radius 1 is 1.24 bits per heavy atom. The minimum absolute atomic E-state index is 0.274. The molecule has 0 saturated carbocycles. The third kappa shape index (κ3) is 3.43. The molecule has 130 valence electrons. The molecule has 2 heterocycles. The zero-order chi connectivity index (χ0) is 18.2. The molecule has 1 aromatic carbocycles. The second-order valence-corrected chi connectivity index (χ2v) is 8.75. The third-order valence-electron chi connectivity index (χ3n) is 3.49. The smallest absolute Gasteiger partial charge is 0.272 e. The van der Waals surface area contributed by atoms with Gasteiger partial charge in [-0.05, 0) is 32.9 Å². The Kier molecular flexibility index (Phi) is 4.62. The molecule has 0 bridgehead atoms. The van der Waals surface area contributed by atoms with E-state index in [4.69, 9.17) is 11.6 Å². The number of hydrogen-bond donors (Lipinski definition) is 0. The second-order valence-electron chi connectivity index (χ2n) is 6.41. The predicted octanol–water partition coefficient (Wildman–Crippen LogP) is 3.02. The van der Waals surface area contributed by atoms with E-state index < -0.39 is 15.7 Å². The van der Waals surface area contributed by atoms with Gasteiger partial charge in [-0.3, -0.25) is 9.36 Å². The highest BCUT2D eigenvalue weighted by Gasteiger charge is 2.19. The average molecular weight is 377 g/mol. The summed E-state index contributed by atoms with van der Waals surface area (Å²) in [6.07, 6.45) is 4.49. The first-order valence-corrected chi connectivity index (χ1v) is 9.08. The molecule has 8 heteroatoms. The Balaban J connectivity index is 2.25. The highest BCUT2D eigenvalue weighted by atomic mass is 35.5. The lowest BCUT2D eigenvalue weighted by molar-refractivity contribution is 0.651. The van der Waals surface area contributed by atoms with Gasteiger partial charge in [0.05, 0.1) is 34.1 Å². The number of para-hydroxylation sites is 1. The van der Waals surface area contributed by atoms with Crippen LogP contribution in [0.3, 0.4) is 0 Å². The summed E-state index contributed by atoms with van der Waals surface area (Å²) in [5, 5.41) is 4.36. The molecule has 1 atom stereocenters. The van der Waals surface area contributed by atoms with Crippen LogP contribution >= 0.6 is 11.6 Å². The maximum absolute atomic E-state index is 13.0. The summed E-state index contributed by atoms with van der Waals surface area (Å²) in [4.78, 5) is 13.0. The first-order chi connectivity index (χ1) is 11.8. The Hall–Kier alpha value is -2.25. The molecular formula is C17H17ClN4O2S. The third-order valence-corrected chi connectivity index (χ3v) is 5.11. The van der Waals surface area contributed by atoms with E-state index in [1.54, 1.807) is 18.3 Å². The van der Waals surface area contributed by atoms with Crippen molar-refractivity contribution in [3.8, 4) is 5.69 Å². The number of benzene rings is 1. The highest BCUT2D eigenvalue weighted by Crippen LogP contribution is 2.16. The molecule has 3 rings (SSSR count). The number of hydrogen-bond acceptors (Lipinski definition) is 3. The summed E-state index contributed by atoms with van der Waals surface area (Å²) < 4.78 is 18.7. The number of rotatable bonds is 3. The van der Waals surface area contributed by atoms with E-state index in [0.717, 1.165) is 0 Å². The van der Waals surface area contributed by atoms with Crippen LogP contribution in [0.4, 0.5) is 0 Å². The standard InChI is InChI=1S/C17H17ClN4O2S/c1-17(2,3)25(24)20-9-13-11-21-15(14(18)10-19-21)16(23)22(13)12-7-5-4-6-8-12/h4-11H,1-3H3. The lowest BCUT2D eigenvalue weighted by atomic mass is 10.3. The van der Waals surface area contributed by atoms with Gasteiger partial charge < -0.3 is 0 Å². The number of nitrogens with zero attached hydrogens (tertiary/aromatic N) is 4. The van der Waals surface area contributed by atoms with Gasteiger partial charge in [0.25, 0.3) is 5.56 Å². The van der Waals surface area contributed by atoms with Crippen molar-refractivity contribution < 1.29 is 4.21 Å². The van der Waals surface area contributed by atoms with Gasteiger partial charge in [0.15, 0.2) is 5.52 Å². The molecule has 0 N–H and O–H groups in total. The molecule has 0 aliphatic carbocycles. The number of aromatic nitrogens is 3. The van der Waals surface area contributed by atoms with E-state index in [9.17, 15) is 9.00 Å². The Morgan fingerprint density at radius 2 is 1.92 bits per heavy atom. The van der Waals surface area contributed by atoms with Gasteiger partial charge in [0.2, 0.25) is 0 Å². The fraction of sp³-hybridized carbons (Fsp3) is 0.235. The van der Waals surface area contributed by atoms with Crippen LogP contribution in [-0.4, -0.2) is 29.4 Å². The largest absolute Gasteiger partial charge is 0.283 e. The fourth-order valence-electron chi connectivity index (χ4n) is 2.24. The summed E-state index contributed by atoms with van der Waals surface area (Å²) in [5.41, 5.74) is 1.08. The van der Waals surface area contributed by atoms with E-state index in [-0.39, 0.29) is 16.1 Å². The van der Waals surface area contributed by atoms with Crippen molar-refractivity contribution in [2.45, 2.75) is 25.5 Å². The predicted molar refractivity (Wildman–Crippen MR) is 101 cm³/mol. The van der Waals surface area contributed by atoms with Gasteiger partial charge in [0.1, 0.15) is 11.0 Å². The average Bonchev–Trinajstić information content (AvgIpc) is 2.94. The maximum Gasteiger partial charge on any atom is 0.283 e. The second kappa shape index (κ2) is 6.57. The summed E-state index contributed by atoms with van der Waals surface area (Å²) in [6, 6.07) is 9.14. The molecule has 0 fully saturated rings. The van der Waals surface area contributed by atoms with Gasteiger partial charge >= 0.3 is 0 Å². The topological polar surface area (TPSA) is 68.7 Å². The summed E-state index contributed by atoms with van der Waals surface area (Å²) >= 11 is 6.10. The maximum atomic E-state index is 13.0. The molecule has 3 aromatic rings. The van der Waals surface area contributed by atoms with Crippen LogP contribution in [0.15, 0.2) is 51.9 Å². The van der Waals surface area contributed by atoms with E-state index in [2.05, 4.69) is 9.50 Å². The minimum Gasteiger partial charge on any atom is -0.272 e. The lowest BCUT2D eigenvalue weighted by Gasteiger charge is -2.14. The monoisotopic (exact) mass is 376 g/mol. The van der Waals surface area contributed by atoms with Gasteiger partial charge in [-0.25, -0.2) is 8.72 Å². The van der Waals surface area contributed by atoms with E-state index in [1.165, 1.54) is 21.5 Å². The van der Waals surface area contributed by atoms with Crippen LogP contribution in [0.1, 0.15) is 26.5 Å². The van der Waals surface area contributed by atoms with Gasteiger partial charge in [-0.2, -0.15) is 9.50 Å². The molecule has 1 unspecified atom stereocenters. The van der Waals surface area contributed by atoms with Gasteiger partial charge in [0, 0.05) is 5.69 Å². The van der Waals surface area contributed by atoms with E-state index in [0.29, 0.717) is 11.4 Å². The molecule has 0 spiro atoms. The quantitative estimate of drug-likeness (QED) is 0.660. The van der Waals surface area contributed by atoms with Crippen LogP contribution in [0.2, 0.25) is 5.02 Å². The molecule has 0 aliphatic heterocycles.